The summed E-state index contributed by atoms with van der Waals surface area (Å²) in [6, 6.07) is 16.4. The fourth-order valence-electron chi connectivity index (χ4n) is 2.39. The van der Waals surface area contributed by atoms with E-state index in [0.29, 0.717) is 23.5 Å². The van der Waals surface area contributed by atoms with Gasteiger partial charge in [0.05, 0.1) is 18.2 Å². The molecule has 0 N–H and O–H groups in total. The zero-order valence-electron chi connectivity index (χ0n) is 13.2. The van der Waals surface area contributed by atoms with Crippen LogP contribution < -0.4 is 4.74 Å². The average Bonchev–Trinajstić information content (AvgIpc) is 3.05. The normalized spacial score (nSPS) is 10.8. The van der Waals surface area contributed by atoms with Crippen LogP contribution in [-0.4, -0.2) is 12.4 Å². The third kappa shape index (κ3) is 3.21. The molecule has 2 aromatic carbocycles. The van der Waals surface area contributed by atoms with Crippen molar-refractivity contribution in [3.05, 3.63) is 71.5 Å². The number of rotatable bonds is 5. The van der Waals surface area contributed by atoms with Crippen LogP contribution in [0.15, 0.2) is 59.0 Å². The summed E-state index contributed by atoms with van der Waals surface area (Å²) < 4.78 is 11.2. The Labute approximate surface area is 139 Å². The van der Waals surface area contributed by atoms with Crippen molar-refractivity contribution in [3.63, 3.8) is 0 Å². The summed E-state index contributed by atoms with van der Waals surface area (Å²) in [4.78, 5) is 12.3. The van der Waals surface area contributed by atoms with Crippen LogP contribution >= 0.6 is 0 Å². The molecule has 0 fully saturated rings. The number of fused-ring (bicyclic) bond motifs is 1. The predicted molar refractivity (Wildman–Crippen MR) is 91.9 cm³/mol. The lowest BCUT2D eigenvalue weighted by molar-refractivity contribution is 0.102. The highest BCUT2D eigenvalue weighted by Gasteiger charge is 2.13. The van der Waals surface area contributed by atoms with Crippen molar-refractivity contribution in [1.82, 2.24) is 0 Å². The molecule has 0 aliphatic rings. The number of carbonyl (C=O) groups is 1. The molecule has 0 amide bonds. The van der Waals surface area contributed by atoms with E-state index < -0.39 is 0 Å². The van der Waals surface area contributed by atoms with Gasteiger partial charge in [-0.2, -0.15) is 5.26 Å². The van der Waals surface area contributed by atoms with Crippen LogP contribution in [-0.2, 0) is 0 Å². The largest absolute Gasteiger partial charge is 0.490 e. The Morgan fingerprint density at radius 1 is 1.25 bits per heavy atom. The molecule has 0 aliphatic carbocycles. The van der Waals surface area contributed by atoms with Crippen LogP contribution in [0, 0.1) is 11.3 Å². The molecule has 118 valence electrons. The molecule has 0 saturated carbocycles. The second kappa shape index (κ2) is 6.84. The Morgan fingerprint density at radius 3 is 2.88 bits per heavy atom. The molecule has 0 unspecified atom stereocenters. The lowest BCUT2D eigenvalue weighted by Gasteiger charge is -2.01. The van der Waals surface area contributed by atoms with Gasteiger partial charge in [0.25, 0.3) is 0 Å². The van der Waals surface area contributed by atoms with Crippen molar-refractivity contribution in [2.45, 2.75) is 6.92 Å². The first-order valence-corrected chi connectivity index (χ1v) is 7.59. The van der Waals surface area contributed by atoms with Crippen LogP contribution in [0.4, 0.5) is 0 Å². The minimum absolute atomic E-state index is 0.240. The highest BCUT2D eigenvalue weighted by atomic mass is 16.5. The lowest BCUT2D eigenvalue weighted by atomic mass is 10.1. The van der Waals surface area contributed by atoms with E-state index in [0.717, 1.165) is 10.9 Å². The van der Waals surface area contributed by atoms with E-state index in [1.807, 2.05) is 31.2 Å². The number of benzene rings is 2. The van der Waals surface area contributed by atoms with Crippen LogP contribution in [0.1, 0.15) is 28.6 Å². The van der Waals surface area contributed by atoms with E-state index in [2.05, 4.69) is 6.07 Å². The maximum absolute atomic E-state index is 12.3. The van der Waals surface area contributed by atoms with Gasteiger partial charge < -0.3 is 9.15 Å². The minimum Gasteiger partial charge on any atom is -0.490 e. The Bertz CT molecular complexity index is 960. The quantitative estimate of drug-likeness (QED) is 0.509. The number of allylic oxidation sites excluding steroid dienone is 1. The van der Waals surface area contributed by atoms with Crippen molar-refractivity contribution < 1.29 is 13.9 Å². The monoisotopic (exact) mass is 317 g/mol. The number of hydrogen-bond acceptors (Lipinski definition) is 4. The van der Waals surface area contributed by atoms with Gasteiger partial charge in [-0.15, -0.1) is 0 Å². The summed E-state index contributed by atoms with van der Waals surface area (Å²) in [6.45, 7) is 2.42. The fourth-order valence-corrected chi connectivity index (χ4v) is 2.39. The number of ketones is 1. The predicted octanol–water partition coefficient (Wildman–Crippen LogP) is 4.60. The molecule has 3 rings (SSSR count). The van der Waals surface area contributed by atoms with Gasteiger partial charge in [-0.25, -0.2) is 0 Å². The van der Waals surface area contributed by atoms with E-state index in [4.69, 9.17) is 14.4 Å². The lowest BCUT2D eigenvalue weighted by Crippen LogP contribution is -1.91. The van der Waals surface area contributed by atoms with Gasteiger partial charge in [0, 0.05) is 5.39 Å². The number of carbonyl (C=O) groups excluding carboxylic acids is 1. The molecule has 0 bridgehead atoms. The number of nitriles is 1. The first-order valence-electron chi connectivity index (χ1n) is 7.59. The van der Waals surface area contributed by atoms with Crippen molar-refractivity contribution in [1.29, 1.82) is 5.26 Å². The van der Waals surface area contributed by atoms with Crippen molar-refractivity contribution >= 4 is 22.8 Å². The smallest absolute Gasteiger partial charge is 0.221 e. The molecule has 0 spiro atoms. The van der Waals surface area contributed by atoms with Gasteiger partial charge in [0.2, 0.25) is 5.78 Å². The molecule has 1 aromatic heterocycles. The summed E-state index contributed by atoms with van der Waals surface area (Å²) in [6.07, 6.45) is 3.11. The molecule has 0 atom stereocenters. The molecule has 24 heavy (non-hydrogen) atoms. The third-order valence-electron chi connectivity index (χ3n) is 3.49. The number of ether oxygens (including phenoxy) is 1. The maximum atomic E-state index is 12.3. The molecule has 0 aliphatic heterocycles. The van der Waals surface area contributed by atoms with E-state index in [1.54, 1.807) is 30.3 Å². The number of hydrogen-bond donors (Lipinski definition) is 0. The molecule has 4 heteroatoms. The topological polar surface area (TPSA) is 63.2 Å². The van der Waals surface area contributed by atoms with Crippen molar-refractivity contribution in [2.75, 3.05) is 6.61 Å². The Balaban J connectivity index is 1.87. The standard InChI is InChI=1S/C20H15NO3/c1-2-23-18-8-4-7-16-12-19(24-20(16)18)17(22)10-9-14-5-3-6-15(11-14)13-21/h3-12H,2H2,1H3. The van der Waals surface area contributed by atoms with Gasteiger partial charge in [0.15, 0.2) is 17.1 Å². The number of para-hydroxylation sites is 1. The number of furan rings is 1. The highest BCUT2D eigenvalue weighted by molar-refractivity contribution is 6.07. The zero-order valence-corrected chi connectivity index (χ0v) is 13.2. The molecule has 0 radical (unpaired) electrons. The second-order valence-corrected chi connectivity index (χ2v) is 5.15. The van der Waals surface area contributed by atoms with Gasteiger partial charge in [-0.1, -0.05) is 30.3 Å². The average molecular weight is 317 g/mol. The van der Waals surface area contributed by atoms with E-state index in [-0.39, 0.29) is 11.5 Å². The van der Waals surface area contributed by atoms with Crippen LogP contribution in [0.2, 0.25) is 0 Å². The maximum Gasteiger partial charge on any atom is 0.221 e. The van der Waals surface area contributed by atoms with Gasteiger partial charge >= 0.3 is 0 Å². The molecular formula is C20H15NO3. The van der Waals surface area contributed by atoms with Crippen LogP contribution in [0.25, 0.3) is 17.0 Å². The Hall–Kier alpha value is -3.32. The molecule has 0 saturated heterocycles. The Morgan fingerprint density at radius 2 is 2.08 bits per heavy atom. The van der Waals surface area contributed by atoms with Crippen molar-refractivity contribution in [3.8, 4) is 11.8 Å². The van der Waals surface area contributed by atoms with E-state index in [1.165, 1.54) is 6.08 Å². The van der Waals surface area contributed by atoms with Crippen molar-refractivity contribution in [2.24, 2.45) is 0 Å². The van der Waals surface area contributed by atoms with Crippen LogP contribution in [0.5, 0.6) is 5.75 Å². The van der Waals surface area contributed by atoms with Crippen LogP contribution in [0.3, 0.4) is 0 Å². The number of nitrogens with zero attached hydrogens (tertiary/aromatic N) is 1. The zero-order chi connectivity index (χ0) is 16.9. The summed E-state index contributed by atoms with van der Waals surface area (Å²) in [5, 5.41) is 9.72. The molecule has 3 aromatic rings. The van der Waals surface area contributed by atoms with Gasteiger partial charge in [0.1, 0.15) is 0 Å². The third-order valence-corrected chi connectivity index (χ3v) is 3.49. The fraction of sp³-hybridized carbons (Fsp3) is 0.100. The van der Waals surface area contributed by atoms with Gasteiger partial charge in [-0.05, 0) is 42.8 Å². The first kappa shape index (κ1) is 15.6. The minimum atomic E-state index is -0.240. The summed E-state index contributed by atoms with van der Waals surface area (Å²) in [5.74, 6) is 0.639. The summed E-state index contributed by atoms with van der Waals surface area (Å²) >= 11 is 0. The SMILES string of the molecule is CCOc1cccc2cc(C(=O)C=Cc3cccc(C#N)c3)oc12. The second-order valence-electron chi connectivity index (χ2n) is 5.15. The Kier molecular flexibility index (Phi) is 4.44. The summed E-state index contributed by atoms with van der Waals surface area (Å²) in [5.41, 5.74) is 1.91. The first-order chi connectivity index (χ1) is 11.7. The molecular weight excluding hydrogens is 302 g/mol. The van der Waals surface area contributed by atoms with E-state index in [9.17, 15) is 4.79 Å². The van der Waals surface area contributed by atoms with Gasteiger partial charge in [-0.3, -0.25) is 4.79 Å². The summed E-state index contributed by atoms with van der Waals surface area (Å²) in [7, 11) is 0. The molecule has 1 heterocycles. The molecule has 4 nitrogen and oxygen atoms in total. The van der Waals surface area contributed by atoms with E-state index >= 15 is 0 Å². The highest BCUT2D eigenvalue weighted by Crippen LogP contribution is 2.29.